The third-order valence-electron chi connectivity index (χ3n) is 3.01. The SMILES string of the molecule is Cc1c(F)cccc1Nc1nc(Cl)nc2c1SCC2. The lowest BCUT2D eigenvalue weighted by atomic mass is 10.2. The van der Waals surface area contributed by atoms with E-state index in [-0.39, 0.29) is 11.1 Å². The largest absolute Gasteiger partial charge is 0.339 e. The van der Waals surface area contributed by atoms with Crippen molar-refractivity contribution in [2.24, 2.45) is 0 Å². The summed E-state index contributed by atoms with van der Waals surface area (Å²) in [4.78, 5) is 9.43. The Kier molecular flexibility index (Phi) is 3.33. The molecular formula is C13H11ClFN3S. The van der Waals surface area contributed by atoms with Crippen molar-refractivity contribution in [2.75, 3.05) is 11.1 Å². The number of hydrogen-bond acceptors (Lipinski definition) is 4. The molecular weight excluding hydrogens is 285 g/mol. The van der Waals surface area contributed by atoms with Crippen LogP contribution in [0.3, 0.4) is 0 Å². The molecule has 1 aromatic heterocycles. The first-order valence-electron chi connectivity index (χ1n) is 5.86. The van der Waals surface area contributed by atoms with Crippen molar-refractivity contribution in [1.82, 2.24) is 9.97 Å². The predicted octanol–water partition coefficient (Wildman–Crippen LogP) is 3.97. The molecule has 2 aromatic rings. The Morgan fingerprint density at radius 1 is 1.37 bits per heavy atom. The summed E-state index contributed by atoms with van der Waals surface area (Å²) in [5.41, 5.74) is 2.22. The van der Waals surface area contributed by atoms with Gasteiger partial charge in [-0.25, -0.2) is 9.37 Å². The molecule has 0 saturated heterocycles. The fraction of sp³-hybridized carbons (Fsp3) is 0.231. The summed E-state index contributed by atoms with van der Waals surface area (Å²) in [5, 5.41) is 3.38. The molecule has 2 heterocycles. The lowest BCUT2D eigenvalue weighted by Gasteiger charge is -2.12. The van der Waals surface area contributed by atoms with Crippen molar-refractivity contribution in [3.05, 3.63) is 40.6 Å². The van der Waals surface area contributed by atoms with Gasteiger partial charge in [0.05, 0.1) is 10.6 Å². The molecule has 0 aliphatic carbocycles. The van der Waals surface area contributed by atoms with Crippen LogP contribution in [-0.2, 0) is 6.42 Å². The van der Waals surface area contributed by atoms with E-state index in [9.17, 15) is 4.39 Å². The minimum atomic E-state index is -0.241. The van der Waals surface area contributed by atoms with Gasteiger partial charge >= 0.3 is 0 Å². The first kappa shape index (κ1) is 12.7. The van der Waals surface area contributed by atoms with Crippen LogP contribution in [0.4, 0.5) is 15.9 Å². The number of nitrogens with zero attached hydrogens (tertiary/aromatic N) is 2. The molecule has 3 rings (SSSR count). The molecule has 0 saturated carbocycles. The van der Waals surface area contributed by atoms with E-state index in [2.05, 4.69) is 15.3 Å². The third-order valence-corrected chi connectivity index (χ3v) is 4.31. The zero-order valence-electron chi connectivity index (χ0n) is 10.2. The van der Waals surface area contributed by atoms with E-state index in [0.29, 0.717) is 17.1 Å². The molecule has 0 bridgehead atoms. The predicted molar refractivity (Wildman–Crippen MR) is 75.9 cm³/mol. The van der Waals surface area contributed by atoms with E-state index in [0.717, 1.165) is 22.8 Å². The standard InChI is InChI=1S/C13H11ClFN3S/c1-7-8(15)3-2-4-9(7)16-12-11-10(5-6-19-11)17-13(14)18-12/h2-4H,5-6H2,1H3,(H,16,17,18). The summed E-state index contributed by atoms with van der Waals surface area (Å²) < 4.78 is 13.5. The number of aromatic nitrogens is 2. The molecule has 0 spiro atoms. The number of rotatable bonds is 2. The van der Waals surface area contributed by atoms with Gasteiger partial charge < -0.3 is 5.32 Å². The molecule has 0 fully saturated rings. The van der Waals surface area contributed by atoms with E-state index in [1.165, 1.54) is 6.07 Å². The molecule has 1 aromatic carbocycles. The van der Waals surface area contributed by atoms with E-state index >= 15 is 0 Å². The molecule has 3 nitrogen and oxygen atoms in total. The molecule has 0 radical (unpaired) electrons. The maximum Gasteiger partial charge on any atom is 0.224 e. The summed E-state index contributed by atoms with van der Waals surface area (Å²) in [6.07, 6.45) is 0.888. The second kappa shape index (κ2) is 4.98. The van der Waals surface area contributed by atoms with Gasteiger partial charge in [-0.15, -0.1) is 11.8 Å². The van der Waals surface area contributed by atoms with Gasteiger partial charge in [0.25, 0.3) is 0 Å². The van der Waals surface area contributed by atoms with Crippen molar-refractivity contribution in [1.29, 1.82) is 0 Å². The quantitative estimate of drug-likeness (QED) is 0.851. The van der Waals surface area contributed by atoms with Crippen LogP contribution in [0.25, 0.3) is 0 Å². The average molecular weight is 296 g/mol. The fourth-order valence-electron chi connectivity index (χ4n) is 1.99. The molecule has 0 atom stereocenters. The second-order valence-electron chi connectivity index (χ2n) is 4.25. The summed E-state index contributed by atoms with van der Waals surface area (Å²) in [6, 6.07) is 4.92. The zero-order chi connectivity index (χ0) is 13.4. The van der Waals surface area contributed by atoms with Crippen LogP contribution in [0, 0.1) is 12.7 Å². The molecule has 0 amide bonds. The minimum absolute atomic E-state index is 0.220. The number of fused-ring (bicyclic) bond motifs is 1. The van der Waals surface area contributed by atoms with E-state index in [4.69, 9.17) is 11.6 Å². The highest BCUT2D eigenvalue weighted by Crippen LogP contribution is 2.37. The highest BCUT2D eigenvalue weighted by Gasteiger charge is 2.20. The minimum Gasteiger partial charge on any atom is -0.339 e. The van der Waals surface area contributed by atoms with Crippen LogP contribution in [0.2, 0.25) is 5.28 Å². The molecule has 0 unspecified atom stereocenters. The first-order valence-corrected chi connectivity index (χ1v) is 7.23. The monoisotopic (exact) mass is 295 g/mol. The van der Waals surface area contributed by atoms with Crippen molar-refractivity contribution in [3.8, 4) is 0 Å². The number of nitrogens with one attached hydrogen (secondary N) is 1. The van der Waals surface area contributed by atoms with Crippen LogP contribution in [0.5, 0.6) is 0 Å². The van der Waals surface area contributed by atoms with Crippen molar-refractivity contribution in [2.45, 2.75) is 18.2 Å². The first-order chi connectivity index (χ1) is 9.15. The molecule has 19 heavy (non-hydrogen) atoms. The van der Waals surface area contributed by atoms with Crippen LogP contribution < -0.4 is 5.32 Å². The number of thioether (sulfide) groups is 1. The Morgan fingerprint density at radius 2 is 2.21 bits per heavy atom. The van der Waals surface area contributed by atoms with Gasteiger partial charge in [-0.2, -0.15) is 4.98 Å². The third kappa shape index (κ3) is 2.40. The Labute approximate surface area is 119 Å². The van der Waals surface area contributed by atoms with Gasteiger partial charge in [0, 0.05) is 23.4 Å². The highest BCUT2D eigenvalue weighted by atomic mass is 35.5. The van der Waals surface area contributed by atoms with Gasteiger partial charge in [-0.05, 0) is 30.7 Å². The molecule has 98 valence electrons. The fourth-order valence-corrected chi connectivity index (χ4v) is 3.23. The van der Waals surface area contributed by atoms with Crippen molar-refractivity contribution < 1.29 is 4.39 Å². The normalized spacial score (nSPS) is 13.4. The molecule has 1 N–H and O–H groups in total. The van der Waals surface area contributed by atoms with Crippen LogP contribution in [0.15, 0.2) is 23.1 Å². The summed E-state index contributed by atoms with van der Waals surface area (Å²) in [7, 11) is 0. The number of halogens is 2. The average Bonchev–Trinajstić information content (AvgIpc) is 2.83. The maximum atomic E-state index is 13.5. The molecule has 6 heteroatoms. The van der Waals surface area contributed by atoms with E-state index < -0.39 is 0 Å². The Hall–Kier alpha value is -1.33. The number of benzene rings is 1. The second-order valence-corrected chi connectivity index (χ2v) is 5.70. The highest BCUT2D eigenvalue weighted by molar-refractivity contribution is 7.99. The Balaban J connectivity index is 2.02. The zero-order valence-corrected chi connectivity index (χ0v) is 11.8. The summed E-state index contributed by atoms with van der Waals surface area (Å²) >= 11 is 7.61. The van der Waals surface area contributed by atoms with Gasteiger partial charge in [0.2, 0.25) is 5.28 Å². The number of aryl methyl sites for hydroxylation is 1. The maximum absolute atomic E-state index is 13.5. The van der Waals surface area contributed by atoms with Crippen LogP contribution in [-0.4, -0.2) is 15.7 Å². The molecule has 1 aliphatic heterocycles. The Bertz CT molecular complexity index is 648. The van der Waals surface area contributed by atoms with Crippen molar-refractivity contribution >= 4 is 34.9 Å². The smallest absolute Gasteiger partial charge is 0.224 e. The van der Waals surface area contributed by atoms with Gasteiger partial charge in [-0.3, -0.25) is 0 Å². The van der Waals surface area contributed by atoms with Crippen molar-refractivity contribution in [3.63, 3.8) is 0 Å². The number of hydrogen-bond donors (Lipinski definition) is 1. The summed E-state index contributed by atoms with van der Waals surface area (Å²) in [5.74, 6) is 1.39. The lowest BCUT2D eigenvalue weighted by molar-refractivity contribution is 0.619. The molecule has 1 aliphatic rings. The van der Waals surface area contributed by atoms with Gasteiger partial charge in [0.15, 0.2) is 0 Å². The lowest BCUT2D eigenvalue weighted by Crippen LogP contribution is -2.01. The Morgan fingerprint density at radius 3 is 3.05 bits per heavy atom. The van der Waals surface area contributed by atoms with E-state index in [1.54, 1.807) is 24.8 Å². The van der Waals surface area contributed by atoms with Gasteiger partial charge in [0.1, 0.15) is 11.6 Å². The number of anilines is 2. The van der Waals surface area contributed by atoms with Crippen LogP contribution in [0.1, 0.15) is 11.3 Å². The topological polar surface area (TPSA) is 37.8 Å². The van der Waals surface area contributed by atoms with Crippen LogP contribution >= 0.6 is 23.4 Å². The van der Waals surface area contributed by atoms with E-state index in [1.807, 2.05) is 6.07 Å². The van der Waals surface area contributed by atoms with Gasteiger partial charge in [-0.1, -0.05) is 6.07 Å². The summed E-state index contributed by atoms with van der Waals surface area (Å²) in [6.45, 7) is 1.73.